The molecule has 7 heteroatoms. The van der Waals surface area contributed by atoms with E-state index in [1.165, 1.54) is 6.07 Å². The van der Waals surface area contributed by atoms with Crippen molar-refractivity contribution in [3.05, 3.63) is 64.7 Å². The van der Waals surface area contributed by atoms with Crippen molar-refractivity contribution < 1.29 is 18.3 Å². The fraction of sp³-hybridized carbons (Fsp3) is 0.316. The van der Waals surface area contributed by atoms with Crippen LogP contribution >= 0.6 is 0 Å². The topological polar surface area (TPSA) is 95.5 Å². The Bertz CT molecular complexity index is 892. The monoisotopic (exact) mass is 376 g/mol. The van der Waals surface area contributed by atoms with Crippen LogP contribution in [0.25, 0.3) is 0 Å². The van der Waals surface area contributed by atoms with Gasteiger partial charge in [0.15, 0.2) is 0 Å². The predicted octanol–water partition coefficient (Wildman–Crippen LogP) is 2.46. The first-order chi connectivity index (χ1) is 12.2. The van der Waals surface area contributed by atoms with Crippen molar-refractivity contribution in [2.45, 2.75) is 39.1 Å². The van der Waals surface area contributed by atoms with Crippen molar-refractivity contribution in [1.82, 2.24) is 10.0 Å². The summed E-state index contributed by atoms with van der Waals surface area (Å²) in [5.41, 5.74) is 2.38. The lowest BCUT2D eigenvalue weighted by molar-refractivity contribution is 0.0948. The Hall–Kier alpha value is -2.38. The van der Waals surface area contributed by atoms with Crippen molar-refractivity contribution in [2.75, 3.05) is 0 Å². The van der Waals surface area contributed by atoms with Crippen LogP contribution in [0, 0.1) is 6.92 Å². The van der Waals surface area contributed by atoms with Crippen LogP contribution in [0.1, 0.15) is 40.9 Å². The van der Waals surface area contributed by atoms with E-state index in [9.17, 15) is 18.3 Å². The summed E-state index contributed by atoms with van der Waals surface area (Å²) in [7, 11) is -3.46. The fourth-order valence-corrected chi connectivity index (χ4v) is 4.07. The van der Waals surface area contributed by atoms with E-state index in [0.717, 1.165) is 5.56 Å². The predicted molar refractivity (Wildman–Crippen MR) is 101 cm³/mol. The highest BCUT2D eigenvalue weighted by Crippen LogP contribution is 2.18. The first-order valence-electron chi connectivity index (χ1n) is 8.32. The van der Waals surface area contributed by atoms with Gasteiger partial charge in [-0.25, -0.2) is 13.1 Å². The SMILES string of the molecule is Cc1ccc(O)c(C(=O)NCc2ccccc2CS(=O)(=O)NC(C)C)c1. The number of carbonyl (C=O) groups excluding carboxylic acids is 1. The third kappa shape index (κ3) is 5.57. The molecule has 0 aromatic heterocycles. The summed E-state index contributed by atoms with van der Waals surface area (Å²) >= 11 is 0. The van der Waals surface area contributed by atoms with Gasteiger partial charge in [-0.3, -0.25) is 4.79 Å². The molecule has 0 aliphatic rings. The Morgan fingerprint density at radius 1 is 1.12 bits per heavy atom. The van der Waals surface area contributed by atoms with Gasteiger partial charge in [0.1, 0.15) is 5.75 Å². The standard InChI is InChI=1S/C19H24N2O4S/c1-13(2)21-26(24,25)12-16-7-5-4-6-15(16)11-20-19(23)17-10-14(3)8-9-18(17)22/h4-10,13,21-22H,11-12H2,1-3H3,(H,20,23). The number of carbonyl (C=O) groups is 1. The molecule has 0 heterocycles. The third-order valence-electron chi connectivity index (χ3n) is 3.72. The molecule has 0 aliphatic carbocycles. The van der Waals surface area contributed by atoms with Crippen LogP contribution in [0.3, 0.4) is 0 Å². The minimum atomic E-state index is -3.46. The number of aryl methyl sites for hydroxylation is 1. The first kappa shape index (κ1) is 19.9. The zero-order chi connectivity index (χ0) is 19.3. The third-order valence-corrected chi connectivity index (χ3v) is 5.24. The lowest BCUT2D eigenvalue weighted by Crippen LogP contribution is -2.32. The zero-order valence-electron chi connectivity index (χ0n) is 15.1. The van der Waals surface area contributed by atoms with E-state index in [4.69, 9.17) is 0 Å². The minimum absolute atomic E-state index is 0.0925. The van der Waals surface area contributed by atoms with E-state index in [0.29, 0.717) is 11.1 Å². The van der Waals surface area contributed by atoms with Gasteiger partial charge < -0.3 is 10.4 Å². The number of hydrogen-bond acceptors (Lipinski definition) is 4. The van der Waals surface area contributed by atoms with Crippen LogP contribution in [0.5, 0.6) is 5.75 Å². The van der Waals surface area contributed by atoms with Gasteiger partial charge in [-0.1, -0.05) is 35.9 Å². The van der Waals surface area contributed by atoms with Crippen LogP contribution in [0.4, 0.5) is 0 Å². The second-order valence-electron chi connectivity index (χ2n) is 6.50. The Labute approximate surface area is 154 Å². The van der Waals surface area contributed by atoms with Gasteiger partial charge in [-0.2, -0.15) is 0 Å². The number of rotatable bonds is 7. The average Bonchev–Trinajstić information content (AvgIpc) is 2.54. The number of sulfonamides is 1. The summed E-state index contributed by atoms with van der Waals surface area (Å²) in [4.78, 5) is 12.3. The maximum atomic E-state index is 12.3. The van der Waals surface area contributed by atoms with Gasteiger partial charge in [0.2, 0.25) is 10.0 Å². The van der Waals surface area contributed by atoms with E-state index in [1.54, 1.807) is 50.2 Å². The molecule has 0 saturated carbocycles. The highest BCUT2D eigenvalue weighted by atomic mass is 32.2. The lowest BCUT2D eigenvalue weighted by Gasteiger charge is -2.13. The average molecular weight is 376 g/mol. The fourth-order valence-electron chi connectivity index (χ4n) is 2.58. The van der Waals surface area contributed by atoms with Crippen molar-refractivity contribution in [1.29, 1.82) is 0 Å². The lowest BCUT2D eigenvalue weighted by atomic mass is 10.1. The maximum Gasteiger partial charge on any atom is 0.255 e. The largest absolute Gasteiger partial charge is 0.507 e. The quantitative estimate of drug-likeness (QED) is 0.692. The molecule has 0 fully saturated rings. The number of phenolic OH excluding ortho intramolecular Hbond substituents is 1. The molecule has 0 atom stereocenters. The number of amides is 1. The molecule has 0 saturated heterocycles. The second kappa shape index (κ2) is 8.33. The summed E-state index contributed by atoms with van der Waals surface area (Å²) in [5.74, 6) is -0.665. The van der Waals surface area contributed by atoms with E-state index >= 15 is 0 Å². The highest BCUT2D eigenvalue weighted by molar-refractivity contribution is 7.88. The van der Waals surface area contributed by atoms with Gasteiger partial charge >= 0.3 is 0 Å². The van der Waals surface area contributed by atoms with Crippen LogP contribution in [-0.4, -0.2) is 25.5 Å². The molecule has 2 aromatic carbocycles. The van der Waals surface area contributed by atoms with Crippen molar-refractivity contribution in [3.8, 4) is 5.75 Å². The smallest absolute Gasteiger partial charge is 0.255 e. The van der Waals surface area contributed by atoms with Gasteiger partial charge in [0.05, 0.1) is 11.3 Å². The minimum Gasteiger partial charge on any atom is -0.507 e. The molecule has 26 heavy (non-hydrogen) atoms. The summed E-state index contributed by atoms with van der Waals surface area (Å²) in [6, 6.07) is 11.7. The van der Waals surface area contributed by atoms with Crippen LogP contribution in [-0.2, 0) is 22.3 Å². The summed E-state index contributed by atoms with van der Waals surface area (Å²) in [6.45, 7) is 5.52. The molecule has 0 unspecified atom stereocenters. The summed E-state index contributed by atoms with van der Waals surface area (Å²) in [5, 5.41) is 12.6. The van der Waals surface area contributed by atoms with Crippen LogP contribution in [0.2, 0.25) is 0 Å². The first-order valence-corrected chi connectivity index (χ1v) is 9.98. The van der Waals surface area contributed by atoms with E-state index < -0.39 is 15.9 Å². The van der Waals surface area contributed by atoms with Gasteiger partial charge in [-0.05, 0) is 44.0 Å². The van der Waals surface area contributed by atoms with Crippen molar-refractivity contribution in [3.63, 3.8) is 0 Å². The second-order valence-corrected chi connectivity index (χ2v) is 8.26. The molecule has 1 amide bonds. The van der Waals surface area contributed by atoms with Gasteiger partial charge in [0, 0.05) is 12.6 Å². The molecule has 2 rings (SSSR count). The normalized spacial score (nSPS) is 11.5. The molecule has 2 aromatic rings. The number of aromatic hydroxyl groups is 1. The molecule has 3 N–H and O–H groups in total. The maximum absolute atomic E-state index is 12.3. The number of nitrogens with one attached hydrogen (secondary N) is 2. The molecular formula is C19H24N2O4S. The van der Waals surface area contributed by atoms with E-state index in [1.807, 2.05) is 6.92 Å². The molecule has 0 bridgehead atoms. The van der Waals surface area contributed by atoms with Gasteiger partial charge in [-0.15, -0.1) is 0 Å². The molecule has 0 aliphatic heterocycles. The molecule has 140 valence electrons. The number of hydrogen-bond donors (Lipinski definition) is 3. The molecule has 0 radical (unpaired) electrons. The van der Waals surface area contributed by atoms with E-state index in [2.05, 4.69) is 10.0 Å². The molecular weight excluding hydrogens is 352 g/mol. The van der Waals surface area contributed by atoms with Crippen LogP contribution in [0.15, 0.2) is 42.5 Å². The number of phenols is 1. The Morgan fingerprint density at radius 2 is 1.77 bits per heavy atom. The van der Waals surface area contributed by atoms with Crippen LogP contribution < -0.4 is 10.0 Å². The Kier molecular flexibility index (Phi) is 6.39. The molecule has 0 spiro atoms. The zero-order valence-corrected chi connectivity index (χ0v) is 15.9. The Balaban J connectivity index is 2.13. The van der Waals surface area contributed by atoms with Crippen molar-refractivity contribution >= 4 is 15.9 Å². The van der Waals surface area contributed by atoms with Gasteiger partial charge in [0.25, 0.3) is 5.91 Å². The summed E-state index contributed by atoms with van der Waals surface area (Å²) < 4.78 is 26.9. The Morgan fingerprint density at radius 3 is 2.42 bits per heavy atom. The molecule has 6 nitrogen and oxygen atoms in total. The highest BCUT2D eigenvalue weighted by Gasteiger charge is 2.16. The van der Waals surface area contributed by atoms with E-state index in [-0.39, 0.29) is 29.7 Å². The summed E-state index contributed by atoms with van der Waals surface area (Å²) in [6.07, 6.45) is 0. The van der Waals surface area contributed by atoms with Crippen molar-refractivity contribution in [2.24, 2.45) is 0 Å². The number of benzene rings is 2.